The summed E-state index contributed by atoms with van der Waals surface area (Å²) in [5.74, 6) is 0.821. The summed E-state index contributed by atoms with van der Waals surface area (Å²) < 4.78 is 7.07. The molecule has 0 aliphatic carbocycles. The number of pyridine rings is 1. The number of imidazole rings is 1. The molecule has 0 aliphatic heterocycles. The molecule has 2 aromatic heterocycles. The average Bonchev–Trinajstić information content (AvgIpc) is 2.84. The van der Waals surface area contributed by atoms with E-state index in [9.17, 15) is 5.11 Å². The van der Waals surface area contributed by atoms with Gasteiger partial charge in [-0.05, 0) is 30.3 Å². The van der Waals surface area contributed by atoms with Crippen LogP contribution < -0.4 is 4.74 Å². The Kier molecular flexibility index (Phi) is 2.80. The summed E-state index contributed by atoms with van der Waals surface area (Å²) >= 11 is 6.01. The Bertz CT molecular complexity index is 752. The number of aromatic nitrogens is 2. The molecule has 0 aliphatic rings. The van der Waals surface area contributed by atoms with Gasteiger partial charge >= 0.3 is 0 Å². The van der Waals surface area contributed by atoms with Gasteiger partial charge in [0.05, 0.1) is 12.8 Å². The molecule has 0 amide bonds. The van der Waals surface area contributed by atoms with Gasteiger partial charge in [0.15, 0.2) is 11.4 Å². The van der Waals surface area contributed by atoms with Crippen LogP contribution in [0.4, 0.5) is 0 Å². The van der Waals surface area contributed by atoms with Gasteiger partial charge in [0, 0.05) is 23.0 Å². The normalized spacial score (nSPS) is 10.8. The number of methoxy groups -OCH3 is 1. The predicted molar refractivity (Wildman–Crippen MR) is 73.9 cm³/mol. The van der Waals surface area contributed by atoms with E-state index in [0.717, 1.165) is 5.56 Å². The third-order valence-corrected chi connectivity index (χ3v) is 3.13. The predicted octanol–water partition coefficient (Wildman–Crippen LogP) is 3.37. The van der Waals surface area contributed by atoms with Crippen LogP contribution in [0.15, 0.2) is 42.7 Å². The molecule has 0 saturated carbocycles. The lowest BCUT2D eigenvalue weighted by molar-refractivity contribution is 0.416. The Balaban J connectivity index is 2.24. The Morgan fingerprint density at radius 1 is 1.32 bits per heavy atom. The molecule has 19 heavy (non-hydrogen) atoms. The van der Waals surface area contributed by atoms with Crippen molar-refractivity contribution < 1.29 is 9.84 Å². The minimum atomic E-state index is 0.134. The molecule has 4 nitrogen and oxygen atoms in total. The van der Waals surface area contributed by atoms with Crippen molar-refractivity contribution in [2.45, 2.75) is 0 Å². The van der Waals surface area contributed by atoms with E-state index in [4.69, 9.17) is 16.3 Å². The summed E-state index contributed by atoms with van der Waals surface area (Å²) in [6.07, 6.45) is 3.64. The van der Waals surface area contributed by atoms with E-state index in [1.165, 1.54) is 0 Å². The zero-order chi connectivity index (χ0) is 13.4. The molecule has 5 heteroatoms. The van der Waals surface area contributed by atoms with E-state index < -0.39 is 0 Å². The van der Waals surface area contributed by atoms with Gasteiger partial charge in [-0.25, -0.2) is 4.98 Å². The third kappa shape index (κ3) is 2.00. The first-order valence-corrected chi connectivity index (χ1v) is 6.07. The highest BCUT2D eigenvalue weighted by molar-refractivity contribution is 6.30. The summed E-state index contributed by atoms with van der Waals surface area (Å²) in [7, 11) is 1.60. The molecule has 0 radical (unpaired) electrons. The number of fused-ring (bicyclic) bond motifs is 1. The van der Waals surface area contributed by atoms with Gasteiger partial charge in [-0.3, -0.25) is 0 Å². The molecule has 2 heterocycles. The maximum Gasteiger partial charge on any atom is 0.180 e. The number of ether oxygens (including phenoxy) is 1. The second-order valence-electron chi connectivity index (χ2n) is 4.10. The number of halogens is 1. The van der Waals surface area contributed by atoms with Crippen LogP contribution in [0.25, 0.3) is 16.9 Å². The van der Waals surface area contributed by atoms with Crippen LogP contribution in [0.5, 0.6) is 11.5 Å². The molecular weight excluding hydrogens is 264 g/mol. The fraction of sp³-hybridized carbons (Fsp3) is 0.0714. The summed E-state index contributed by atoms with van der Waals surface area (Å²) in [5.41, 5.74) is 1.98. The fourth-order valence-electron chi connectivity index (χ4n) is 2.01. The van der Waals surface area contributed by atoms with Crippen molar-refractivity contribution in [1.82, 2.24) is 9.38 Å². The Morgan fingerprint density at radius 2 is 2.16 bits per heavy atom. The van der Waals surface area contributed by atoms with Crippen LogP contribution in [0.2, 0.25) is 5.02 Å². The molecule has 0 bridgehead atoms. The average molecular weight is 275 g/mol. The fourth-order valence-corrected chi connectivity index (χ4v) is 2.18. The molecule has 1 aromatic carbocycles. The standard InChI is InChI=1S/C14H11ClN2O2/c1-19-13-5-4-9(15)7-10(13)11-8-17-6-2-3-12(18)14(17)16-11/h2-8,18H,1H3. The number of hydrogen-bond acceptors (Lipinski definition) is 3. The van der Waals surface area contributed by atoms with Crippen molar-refractivity contribution in [1.29, 1.82) is 0 Å². The third-order valence-electron chi connectivity index (χ3n) is 2.90. The highest BCUT2D eigenvalue weighted by Crippen LogP contribution is 2.32. The molecule has 0 fully saturated rings. The van der Waals surface area contributed by atoms with Crippen molar-refractivity contribution in [3.8, 4) is 22.8 Å². The highest BCUT2D eigenvalue weighted by atomic mass is 35.5. The van der Waals surface area contributed by atoms with E-state index in [1.54, 1.807) is 41.8 Å². The van der Waals surface area contributed by atoms with E-state index in [2.05, 4.69) is 4.98 Å². The largest absolute Gasteiger partial charge is 0.504 e. The SMILES string of the molecule is COc1ccc(Cl)cc1-c1cn2cccc(O)c2n1. The Morgan fingerprint density at radius 3 is 2.89 bits per heavy atom. The molecule has 0 saturated heterocycles. The van der Waals surface area contributed by atoms with Gasteiger partial charge in [0.25, 0.3) is 0 Å². The second-order valence-corrected chi connectivity index (χ2v) is 4.53. The Hall–Kier alpha value is -2.20. The van der Waals surface area contributed by atoms with Gasteiger partial charge in [0.1, 0.15) is 5.75 Å². The van der Waals surface area contributed by atoms with Gasteiger partial charge in [-0.2, -0.15) is 0 Å². The van der Waals surface area contributed by atoms with E-state index >= 15 is 0 Å². The van der Waals surface area contributed by atoms with Gasteiger partial charge < -0.3 is 14.2 Å². The lowest BCUT2D eigenvalue weighted by atomic mass is 10.1. The van der Waals surface area contributed by atoms with Gasteiger partial charge in [-0.15, -0.1) is 0 Å². The smallest absolute Gasteiger partial charge is 0.180 e. The maximum absolute atomic E-state index is 9.77. The van der Waals surface area contributed by atoms with Gasteiger partial charge in [-0.1, -0.05) is 11.6 Å². The van der Waals surface area contributed by atoms with E-state index in [1.807, 2.05) is 12.4 Å². The molecule has 96 valence electrons. The number of rotatable bonds is 2. The lowest BCUT2D eigenvalue weighted by Crippen LogP contribution is -1.87. The lowest BCUT2D eigenvalue weighted by Gasteiger charge is -2.05. The number of nitrogens with zero attached hydrogens (tertiary/aromatic N) is 2. The molecular formula is C14H11ClN2O2. The Labute approximate surface area is 114 Å². The van der Waals surface area contributed by atoms with Crippen molar-refractivity contribution in [3.63, 3.8) is 0 Å². The summed E-state index contributed by atoms with van der Waals surface area (Å²) in [4.78, 5) is 4.41. The molecule has 0 unspecified atom stereocenters. The van der Waals surface area contributed by atoms with Crippen LogP contribution in [0, 0.1) is 0 Å². The molecule has 3 aromatic rings. The molecule has 0 spiro atoms. The first-order valence-electron chi connectivity index (χ1n) is 5.69. The van der Waals surface area contributed by atoms with Crippen molar-refractivity contribution in [2.24, 2.45) is 0 Å². The topological polar surface area (TPSA) is 46.8 Å². The van der Waals surface area contributed by atoms with Crippen LogP contribution in [0.3, 0.4) is 0 Å². The summed E-state index contributed by atoms with van der Waals surface area (Å²) in [6.45, 7) is 0. The maximum atomic E-state index is 9.77. The zero-order valence-corrected chi connectivity index (χ0v) is 10.9. The minimum Gasteiger partial charge on any atom is -0.504 e. The number of aromatic hydroxyl groups is 1. The van der Waals surface area contributed by atoms with Crippen molar-refractivity contribution in [3.05, 3.63) is 47.7 Å². The van der Waals surface area contributed by atoms with Crippen LogP contribution in [-0.4, -0.2) is 21.6 Å². The van der Waals surface area contributed by atoms with Crippen LogP contribution in [-0.2, 0) is 0 Å². The zero-order valence-electron chi connectivity index (χ0n) is 10.2. The monoisotopic (exact) mass is 274 g/mol. The molecule has 3 rings (SSSR count). The van der Waals surface area contributed by atoms with Crippen LogP contribution in [0.1, 0.15) is 0 Å². The van der Waals surface area contributed by atoms with Crippen molar-refractivity contribution in [2.75, 3.05) is 7.11 Å². The quantitative estimate of drug-likeness (QED) is 0.779. The van der Waals surface area contributed by atoms with Gasteiger partial charge in [0.2, 0.25) is 0 Å². The summed E-state index contributed by atoms with van der Waals surface area (Å²) in [6, 6.07) is 8.70. The first kappa shape index (κ1) is 11.9. The first-order chi connectivity index (χ1) is 9.19. The molecule has 1 N–H and O–H groups in total. The van der Waals surface area contributed by atoms with Crippen molar-refractivity contribution >= 4 is 17.2 Å². The number of benzene rings is 1. The summed E-state index contributed by atoms with van der Waals surface area (Å²) in [5, 5.41) is 10.4. The van der Waals surface area contributed by atoms with E-state index in [0.29, 0.717) is 22.1 Å². The second kappa shape index (κ2) is 4.48. The highest BCUT2D eigenvalue weighted by Gasteiger charge is 2.12. The van der Waals surface area contributed by atoms with Crippen LogP contribution >= 0.6 is 11.6 Å². The van der Waals surface area contributed by atoms with E-state index in [-0.39, 0.29) is 5.75 Å². The minimum absolute atomic E-state index is 0.134. The number of hydrogen-bond donors (Lipinski definition) is 1. The molecule has 0 atom stereocenters.